The zero-order valence-corrected chi connectivity index (χ0v) is 12.6. The molecule has 1 fully saturated rings. The molecule has 1 aliphatic rings. The third-order valence-corrected chi connectivity index (χ3v) is 3.80. The van der Waals surface area contributed by atoms with Crippen LogP contribution in [0.2, 0.25) is 0 Å². The zero-order chi connectivity index (χ0) is 15.8. The number of rotatable bonds is 6. The number of hydrogen-bond acceptors (Lipinski definition) is 4. The standard InChI is InChI=1S/C14H24N2O5/c1-16(8-4-7-12(17)21-2)14(20)15-11-6-3-5-10(9-11)13(18)19/h10-11H,3-9H2,1-2H3,(H,15,20)(H,18,19). The molecule has 2 unspecified atom stereocenters. The van der Waals surface area contributed by atoms with Gasteiger partial charge >= 0.3 is 18.0 Å². The Labute approximate surface area is 124 Å². The lowest BCUT2D eigenvalue weighted by molar-refractivity contribution is -0.143. The van der Waals surface area contributed by atoms with E-state index in [1.54, 1.807) is 7.05 Å². The van der Waals surface area contributed by atoms with Gasteiger partial charge in [-0.05, 0) is 25.7 Å². The highest BCUT2D eigenvalue weighted by molar-refractivity contribution is 5.75. The van der Waals surface area contributed by atoms with Gasteiger partial charge in [-0.1, -0.05) is 6.42 Å². The number of esters is 1. The Morgan fingerprint density at radius 1 is 1.33 bits per heavy atom. The van der Waals surface area contributed by atoms with Crippen molar-refractivity contribution < 1.29 is 24.2 Å². The fraction of sp³-hybridized carbons (Fsp3) is 0.786. The highest BCUT2D eigenvalue weighted by Gasteiger charge is 2.28. The van der Waals surface area contributed by atoms with Crippen LogP contribution < -0.4 is 5.32 Å². The Morgan fingerprint density at radius 2 is 2.05 bits per heavy atom. The molecule has 0 aromatic carbocycles. The molecule has 0 aromatic rings. The second-order valence-electron chi connectivity index (χ2n) is 5.45. The van der Waals surface area contributed by atoms with Crippen molar-refractivity contribution in [2.75, 3.05) is 20.7 Å². The van der Waals surface area contributed by atoms with Crippen molar-refractivity contribution in [1.82, 2.24) is 10.2 Å². The Hall–Kier alpha value is -1.79. The summed E-state index contributed by atoms with van der Waals surface area (Å²) in [6, 6.07) is -0.314. The highest BCUT2D eigenvalue weighted by Crippen LogP contribution is 2.24. The summed E-state index contributed by atoms with van der Waals surface area (Å²) in [7, 11) is 2.99. The van der Waals surface area contributed by atoms with Crippen LogP contribution in [0, 0.1) is 5.92 Å². The molecule has 120 valence electrons. The van der Waals surface area contributed by atoms with Crippen LogP contribution in [-0.4, -0.2) is 54.7 Å². The minimum absolute atomic E-state index is 0.0876. The first-order valence-electron chi connectivity index (χ1n) is 7.25. The van der Waals surface area contributed by atoms with Gasteiger partial charge in [-0.25, -0.2) is 4.79 Å². The van der Waals surface area contributed by atoms with E-state index in [2.05, 4.69) is 10.1 Å². The third-order valence-electron chi connectivity index (χ3n) is 3.80. The minimum atomic E-state index is -0.791. The summed E-state index contributed by atoms with van der Waals surface area (Å²) in [5, 5.41) is 11.9. The van der Waals surface area contributed by atoms with Gasteiger partial charge in [-0.3, -0.25) is 9.59 Å². The molecular formula is C14H24N2O5. The monoisotopic (exact) mass is 300 g/mol. The first-order chi connectivity index (χ1) is 9.93. The Morgan fingerprint density at radius 3 is 2.67 bits per heavy atom. The Kier molecular flexibility index (Phi) is 6.98. The quantitative estimate of drug-likeness (QED) is 0.719. The largest absolute Gasteiger partial charge is 0.481 e. The molecule has 0 saturated heterocycles. The summed E-state index contributed by atoms with van der Waals surface area (Å²) in [5.41, 5.74) is 0. The molecular weight excluding hydrogens is 276 g/mol. The molecule has 2 N–H and O–H groups in total. The van der Waals surface area contributed by atoms with Gasteiger partial charge in [-0.15, -0.1) is 0 Å². The van der Waals surface area contributed by atoms with E-state index in [4.69, 9.17) is 5.11 Å². The fourth-order valence-electron chi connectivity index (χ4n) is 2.49. The minimum Gasteiger partial charge on any atom is -0.481 e. The number of carboxylic acid groups (broad SMARTS) is 1. The van der Waals surface area contributed by atoms with Crippen molar-refractivity contribution in [3.05, 3.63) is 0 Å². The molecule has 2 atom stereocenters. The summed E-state index contributed by atoms with van der Waals surface area (Å²) >= 11 is 0. The zero-order valence-electron chi connectivity index (χ0n) is 12.6. The maximum Gasteiger partial charge on any atom is 0.317 e. The van der Waals surface area contributed by atoms with Crippen LogP contribution in [0.1, 0.15) is 38.5 Å². The highest BCUT2D eigenvalue weighted by atomic mass is 16.5. The predicted molar refractivity (Wildman–Crippen MR) is 75.8 cm³/mol. The van der Waals surface area contributed by atoms with Crippen LogP contribution in [0.4, 0.5) is 4.79 Å². The van der Waals surface area contributed by atoms with Gasteiger partial charge < -0.3 is 20.1 Å². The van der Waals surface area contributed by atoms with E-state index in [0.29, 0.717) is 25.8 Å². The summed E-state index contributed by atoms with van der Waals surface area (Å²) in [6.07, 6.45) is 3.60. The van der Waals surface area contributed by atoms with Crippen molar-refractivity contribution in [3.63, 3.8) is 0 Å². The number of hydrogen-bond donors (Lipinski definition) is 2. The summed E-state index contributed by atoms with van der Waals surface area (Å²) in [4.78, 5) is 35.5. The smallest absolute Gasteiger partial charge is 0.317 e. The third kappa shape index (κ3) is 6.01. The van der Waals surface area contributed by atoms with Crippen LogP contribution in [0.5, 0.6) is 0 Å². The maximum atomic E-state index is 12.0. The number of nitrogens with zero attached hydrogens (tertiary/aromatic N) is 1. The summed E-state index contributed by atoms with van der Waals surface area (Å²) in [6.45, 7) is 0.454. The van der Waals surface area contributed by atoms with Gasteiger partial charge in [0, 0.05) is 26.1 Å². The predicted octanol–water partition coefficient (Wildman–Crippen LogP) is 1.22. The van der Waals surface area contributed by atoms with Gasteiger partial charge in [0.05, 0.1) is 13.0 Å². The van der Waals surface area contributed by atoms with E-state index in [-0.39, 0.29) is 30.4 Å². The second-order valence-corrected chi connectivity index (χ2v) is 5.45. The lowest BCUT2D eigenvalue weighted by atomic mass is 9.86. The first kappa shape index (κ1) is 17.3. The van der Waals surface area contributed by atoms with Gasteiger partial charge in [0.15, 0.2) is 0 Å². The van der Waals surface area contributed by atoms with Crippen molar-refractivity contribution in [2.45, 2.75) is 44.6 Å². The van der Waals surface area contributed by atoms with Gasteiger partial charge in [0.2, 0.25) is 0 Å². The van der Waals surface area contributed by atoms with E-state index < -0.39 is 5.97 Å². The number of ether oxygens (including phenoxy) is 1. The lowest BCUT2D eigenvalue weighted by Gasteiger charge is -2.29. The van der Waals surface area contributed by atoms with E-state index >= 15 is 0 Å². The molecule has 1 saturated carbocycles. The molecule has 2 amide bonds. The van der Waals surface area contributed by atoms with E-state index in [9.17, 15) is 14.4 Å². The van der Waals surface area contributed by atoms with Crippen LogP contribution in [0.15, 0.2) is 0 Å². The summed E-state index contributed by atoms with van der Waals surface area (Å²) in [5.74, 6) is -1.45. The van der Waals surface area contributed by atoms with Gasteiger partial charge in [-0.2, -0.15) is 0 Å². The average molecular weight is 300 g/mol. The number of aliphatic carboxylic acids is 1. The number of carbonyl (C=O) groups excluding carboxylic acids is 2. The van der Waals surface area contributed by atoms with Crippen LogP contribution >= 0.6 is 0 Å². The Balaban J connectivity index is 2.31. The second kappa shape index (κ2) is 8.49. The number of carboxylic acids is 1. The van der Waals surface area contributed by atoms with E-state index in [1.165, 1.54) is 12.0 Å². The van der Waals surface area contributed by atoms with E-state index in [1.807, 2.05) is 0 Å². The average Bonchev–Trinajstić information content (AvgIpc) is 2.47. The van der Waals surface area contributed by atoms with Gasteiger partial charge in [0.25, 0.3) is 0 Å². The van der Waals surface area contributed by atoms with Gasteiger partial charge in [0.1, 0.15) is 0 Å². The SMILES string of the molecule is COC(=O)CCCN(C)C(=O)NC1CCCC(C(=O)O)C1. The van der Waals surface area contributed by atoms with Crippen molar-refractivity contribution in [1.29, 1.82) is 0 Å². The molecule has 0 aromatic heterocycles. The molecule has 7 heteroatoms. The van der Waals surface area contributed by atoms with Crippen molar-refractivity contribution in [2.24, 2.45) is 5.92 Å². The number of nitrogens with one attached hydrogen (secondary N) is 1. The number of methoxy groups -OCH3 is 1. The molecule has 0 aliphatic heterocycles. The molecule has 0 radical (unpaired) electrons. The molecule has 7 nitrogen and oxygen atoms in total. The van der Waals surface area contributed by atoms with Crippen molar-refractivity contribution >= 4 is 18.0 Å². The number of urea groups is 1. The maximum absolute atomic E-state index is 12.0. The van der Waals surface area contributed by atoms with Crippen LogP contribution in [-0.2, 0) is 14.3 Å². The first-order valence-corrected chi connectivity index (χ1v) is 7.25. The lowest BCUT2D eigenvalue weighted by Crippen LogP contribution is -2.45. The van der Waals surface area contributed by atoms with E-state index in [0.717, 1.165) is 12.8 Å². The molecule has 21 heavy (non-hydrogen) atoms. The molecule has 0 spiro atoms. The number of carbonyl (C=O) groups is 3. The number of amides is 2. The van der Waals surface area contributed by atoms with Crippen molar-refractivity contribution in [3.8, 4) is 0 Å². The topological polar surface area (TPSA) is 95.9 Å². The molecule has 0 bridgehead atoms. The van der Waals surface area contributed by atoms with Crippen LogP contribution in [0.25, 0.3) is 0 Å². The summed E-state index contributed by atoms with van der Waals surface area (Å²) < 4.78 is 4.53. The fourth-order valence-corrected chi connectivity index (χ4v) is 2.49. The molecule has 1 rings (SSSR count). The molecule has 1 aliphatic carbocycles. The van der Waals surface area contributed by atoms with Crippen LogP contribution in [0.3, 0.4) is 0 Å². The normalized spacial score (nSPS) is 21.4. The Bertz CT molecular complexity index is 386. The molecule has 0 heterocycles.